The van der Waals surface area contributed by atoms with E-state index in [0.717, 1.165) is 12.8 Å². The molecule has 0 amide bonds. The van der Waals surface area contributed by atoms with Gasteiger partial charge in [-0.2, -0.15) is 0 Å². The standard InChI is InChI=1S/C7H8.C6H12O2.C5H10O2/c1-7-5-3-2-4-6-7;1-3-4-5-8-6(2)7;1-4(2)7-5(3)6/h2-6H,1H3;3-5H2,1-2H3;4H,1-3H3. The number of benzene rings is 1. The van der Waals surface area contributed by atoms with Gasteiger partial charge in [-0.05, 0) is 27.2 Å². The van der Waals surface area contributed by atoms with Crippen molar-refractivity contribution in [3.05, 3.63) is 35.9 Å². The van der Waals surface area contributed by atoms with Gasteiger partial charge in [0.2, 0.25) is 0 Å². The molecule has 0 saturated carbocycles. The Morgan fingerprint density at radius 3 is 1.82 bits per heavy atom. The van der Waals surface area contributed by atoms with Gasteiger partial charge < -0.3 is 9.47 Å². The van der Waals surface area contributed by atoms with Crippen LogP contribution < -0.4 is 0 Å². The average molecular weight is 310 g/mol. The molecule has 0 saturated heterocycles. The van der Waals surface area contributed by atoms with Crippen molar-refractivity contribution in [1.82, 2.24) is 0 Å². The monoisotopic (exact) mass is 310 g/mol. The molecular formula is C18H30O4. The molecule has 1 rings (SSSR count). The zero-order valence-electron chi connectivity index (χ0n) is 14.7. The van der Waals surface area contributed by atoms with Crippen LogP contribution in [0.15, 0.2) is 30.3 Å². The van der Waals surface area contributed by atoms with Crippen molar-refractivity contribution in [3.63, 3.8) is 0 Å². The summed E-state index contributed by atoms with van der Waals surface area (Å²) in [5.41, 5.74) is 1.32. The number of ether oxygens (including phenoxy) is 2. The highest BCUT2D eigenvalue weighted by atomic mass is 16.5. The number of hydrogen-bond acceptors (Lipinski definition) is 4. The number of unbranched alkanes of at least 4 members (excludes halogenated alkanes) is 1. The first-order valence-corrected chi connectivity index (χ1v) is 7.61. The number of aryl methyl sites for hydroxylation is 1. The van der Waals surface area contributed by atoms with E-state index in [0.29, 0.717) is 6.61 Å². The number of esters is 2. The van der Waals surface area contributed by atoms with E-state index in [4.69, 9.17) is 0 Å². The van der Waals surface area contributed by atoms with E-state index in [1.165, 1.54) is 19.4 Å². The first kappa shape index (κ1) is 22.4. The van der Waals surface area contributed by atoms with Gasteiger partial charge >= 0.3 is 11.9 Å². The Morgan fingerprint density at radius 2 is 1.59 bits per heavy atom. The molecule has 0 aliphatic heterocycles. The van der Waals surface area contributed by atoms with Gasteiger partial charge in [-0.1, -0.05) is 49.2 Å². The number of carbonyl (C=O) groups excluding carboxylic acids is 2. The maximum atomic E-state index is 10.1. The molecule has 0 fully saturated rings. The van der Waals surface area contributed by atoms with Crippen LogP contribution in [0.4, 0.5) is 0 Å². The second-order valence-electron chi connectivity index (χ2n) is 5.01. The van der Waals surface area contributed by atoms with Crippen molar-refractivity contribution in [2.45, 2.75) is 60.5 Å². The highest BCUT2D eigenvalue weighted by Crippen LogP contribution is 1.92. The molecule has 0 aromatic heterocycles. The van der Waals surface area contributed by atoms with Crippen LogP contribution in [0.25, 0.3) is 0 Å². The van der Waals surface area contributed by atoms with Gasteiger partial charge in [0.25, 0.3) is 0 Å². The normalized spacial score (nSPS) is 8.86. The first-order valence-electron chi connectivity index (χ1n) is 7.61. The summed E-state index contributed by atoms with van der Waals surface area (Å²) in [6.07, 6.45) is 2.07. The summed E-state index contributed by atoms with van der Waals surface area (Å²) in [5.74, 6) is -0.395. The van der Waals surface area contributed by atoms with E-state index in [-0.39, 0.29) is 18.0 Å². The molecule has 0 unspecified atom stereocenters. The molecule has 0 aliphatic carbocycles. The molecule has 4 nitrogen and oxygen atoms in total. The van der Waals surface area contributed by atoms with Crippen LogP contribution in [0.2, 0.25) is 0 Å². The molecule has 1 aromatic carbocycles. The second kappa shape index (κ2) is 15.5. The maximum Gasteiger partial charge on any atom is 0.302 e. The minimum atomic E-state index is -0.213. The van der Waals surface area contributed by atoms with E-state index in [1.54, 1.807) is 0 Å². The lowest BCUT2D eigenvalue weighted by Crippen LogP contribution is -2.06. The maximum absolute atomic E-state index is 10.1. The molecule has 0 spiro atoms. The Hall–Kier alpha value is -1.84. The number of rotatable bonds is 4. The Balaban J connectivity index is 0. The lowest BCUT2D eigenvalue weighted by molar-refractivity contribution is -0.144. The highest BCUT2D eigenvalue weighted by molar-refractivity contribution is 5.66. The average Bonchev–Trinajstić information content (AvgIpc) is 2.39. The van der Waals surface area contributed by atoms with E-state index >= 15 is 0 Å². The van der Waals surface area contributed by atoms with E-state index in [9.17, 15) is 9.59 Å². The van der Waals surface area contributed by atoms with Gasteiger partial charge in [0.05, 0.1) is 12.7 Å². The molecule has 0 radical (unpaired) electrons. The van der Waals surface area contributed by atoms with Gasteiger partial charge in [-0.25, -0.2) is 0 Å². The van der Waals surface area contributed by atoms with Crippen molar-refractivity contribution >= 4 is 11.9 Å². The van der Waals surface area contributed by atoms with E-state index in [2.05, 4.69) is 35.5 Å². The second-order valence-corrected chi connectivity index (χ2v) is 5.01. The molecule has 1 aromatic rings. The SMILES string of the molecule is CC(=O)OC(C)C.CCCCOC(C)=O.Cc1ccccc1. The van der Waals surface area contributed by atoms with Crippen LogP contribution in [0, 0.1) is 6.92 Å². The lowest BCUT2D eigenvalue weighted by atomic mass is 10.2. The van der Waals surface area contributed by atoms with Gasteiger partial charge in [0.15, 0.2) is 0 Å². The summed E-state index contributed by atoms with van der Waals surface area (Å²) in [5, 5.41) is 0. The van der Waals surface area contributed by atoms with Crippen molar-refractivity contribution < 1.29 is 19.1 Å². The minimum Gasteiger partial charge on any atom is -0.466 e. The number of hydrogen-bond donors (Lipinski definition) is 0. The van der Waals surface area contributed by atoms with Crippen LogP contribution in [0.1, 0.15) is 53.0 Å². The molecular weight excluding hydrogens is 280 g/mol. The van der Waals surface area contributed by atoms with Crippen LogP contribution in [0.3, 0.4) is 0 Å². The van der Waals surface area contributed by atoms with Crippen LogP contribution in [0.5, 0.6) is 0 Å². The zero-order valence-corrected chi connectivity index (χ0v) is 14.7. The Kier molecular flexibility index (Phi) is 15.9. The Morgan fingerprint density at radius 1 is 1.05 bits per heavy atom. The molecule has 0 aliphatic rings. The molecule has 126 valence electrons. The third-order valence-electron chi connectivity index (χ3n) is 2.15. The molecule has 0 N–H and O–H groups in total. The molecule has 0 heterocycles. The summed E-state index contributed by atoms with van der Waals surface area (Å²) >= 11 is 0. The first-order chi connectivity index (χ1) is 10.3. The summed E-state index contributed by atoms with van der Waals surface area (Å²) in [6, 6.07) is 10.3. The van der Waals surface area contributed by atoms with Crippen LogP contribution >= 0.6 is 0 Å². The quantitative estimate of drug-likeness (QED) is 0.614. The summed E-state index contributed by atoms with van der Waals surface area (Å²) in [6.45, 7) is 11.2. The van der Waals surface area contributed by atoms with E-state index < -0.39 is 0 Å². The molecule has 0 atom stereocenters. The third kappa shape index (κ3) is 23.3. The smallest absolute Gasteiger partial charge is 0.302 e. The fourth-order valence-corrected chi connectivity index (χ4v) is 1.23. The largest absolute Gasteiger partial charge is 0.466 e. The zero-order chi connectivity index (χ0) is 17.4. The van der Waals surface area contributed by atoms with Crippen molar-refractivity contribution in [3.8, 4) is 0 Å². The highest BCUT2D eigenvalue weighted by Gasteiger charge is 1.93. The third-order valence-corrected chi connectivity index (χ3v) is 2.15. The Labute approximate surface area is 134 Å². The van der Waals surface area contributed by atoms with Crippen LogP contribution in [-0.2, 0) is 19.1 Å². The minimum absolute atomic E-state index is 0.0255. The van der Waals surface area contributed by atoms with Crippen molar-refractivity contribution in [2.24, 2.45) is 0 Å². The van der Waals surface area contributed by atoms with Gasteiger partial charge in [-0.3, -0.25) is 9.59 Å². The fourth-order valence-electron chi connectivity index (χ4n) is 1.23. The summed E-state index contributed by atoms with van der Waals surface area (Å²) in [7, 11) is 0. The topological polar surface area (TPSA) is 52.6 Å². The predicted octanol–water partition coefficient (Wildman–Crippen LogP) is 4.30. The molecule has 4 heteroatoms. The molecule has 22 heavy (non-hydrogen) atoms. The van der Waals surface area contributed by atoms with Crippen LogP contribution in [-0.4, -0.2) is 24.6 Å². The fraction of sp³-hybridized carbons (Fsp3) is 0.556. The predicted molar refractivity (Wildman–Crippen MR) is 89.6 cm³/mol. The summed E-state index contributed by atoms with van der Waals surface area (Å²) in [4.78, 5) is 20.1. The van der Waals surface area contributed by atoms with Crippen molar-refractivity contribution in [1.29, 1.82) is 0 Å². The molecule has 0 bridgehead atoms. The van der Waals surface area contributed by atoms with Gasteiger partial charge in [-0.15, -0.1) is 0 Å². The number of carbonyl (C=O) groups is 2. The van der Waals surface area contributed by atoms with Gasteiger partial charge in [0, 0.05) is 13.8 Å². The van der Waals surface area contributed by atoms with E-state index in [1.807, 2.05) is 32.0 Å². The lowest BCUT2D eigenvalue weighted by Gasteiger charge is -2.01. The summed E-state index contributed by atoms with van der Waals surface area (Å²) < 4.78 is 9.25. The van der Waals surface area contributed by atoms with Gasteiger partial charge in [0.1, 0.15) is 0 Å². The van der Waals surface area contributed by atoms with Crippen molar-refractivity contribution in [2.75, 3.05) is 6.61 Å². The Bertz CT molecular complexity index is 385.